The van der Waals surface area contributed by atoms with Gasteiger partial charge in [-0.15, -0.1) is 0 Å². The van der Waals surface area contributed by atoms with E-state index in [4.69, 9.17) is 4.74 Å². The lowest BCUT2D eigenvalue weighted by atomic mass is 10.2. The Labute approximate surface area is 173 Å². The van der Waals surface area contributed by atoms with Crippen molar-refractivity contribution in [3.63, 3.8) is 0 Å². The van der Waals surface area contributed by atoms with E-state index < -0.39 is 10.0 Å². The minimum absolute atomic E-state index is 0.0647. The van der Waals surface area contributed by atoms with Gasteiger partial charge in [-0.1, -0.05) is 11.3 Å². The molecule has 1 aromatic heterocycles. The highest BCUT2D eigenvalue weighted by Crippen LogP contribution is 2.26. The summed E-state index contributed by atoms with van der Waals surface area (Å²) < 4.78 is 35.3. The number of benzene rings is 2. The van der Waals surface area contributed by atoms with Crippen LogP contribution in [0.4, 0.5) is 5.69 Å². The Balaban J connectivity index is 1.52. The molecule has 2 heterocycles. The van der Waals surface area contributed by atoms with Gasteiger partial charge in [-0.3, -0.25) is 9.36 Å². The first kappa shape index (κ1) is 19.9. The summed E-state index contributed by atoms with van der Waals surface area (Å²) in [5.41, 5.74) is 1.83. The molecule has 0 unspecified atom stereocenters. The average molecular weight is 434 g/mol. The second kappa shape index (κ2) is 7.81. The van der Waals surface area contributed by atoms with Gasteiger partial charge in [0, 0.05) is 38.4 Å². The Morgan fingerprint density at radius 2 is 1.72 bits per heavy atom. The number of sulfonamides is 1. The first-order valence-corrected chi connectivity index (χ1v) is 11.7. The molecule has 0 atom stereocenters. The van der Waals surface area contributed by atoms with Gasteiger partial charge in [0.15, 0.2) is 0 Å². The van der Waals surface area contributed by atoms with Crippen LogP contribution in [0.1, 0.15) is 6.92 Å². The Morgan fingerprint density at radius 1 is 1.03 bits per heavy atom. The lowest BCUT2D eigenvalue weighted by Gasteiger charge is -2.35. The third kappa shape index (κ3) is 3.65. The predicted molar refractivity (Wildman–Crippen MR) is 116 cm³/mol. The maximum absolute atomic E-state index is 13.1. The summed E-state index contributed by atoms with van der Waals surface area (Å²) in [5, 5.41) is 0. The Kier molecular flexibility index (Phi) is 5.37. The molecular weight excluding hydrogens is 410 g/mol. The van der Waals surface area contributed by atoms with Crippen LogP contribution in [0.3, 0.4) is 0 Å². The third-order valence-electron chi connectivity index (χ3n) is 5.27. The largest absolute Gasteiger partial charge is 0.497 e. The number of anilines is 1. The molecule has 0 spiro atoms. The van der Waals surface area contributed by atoms with Crippen LogP contribution < -0.4 is 14.5 Å². The van der Waals surface area contributed by atoms with E-state index in [9.17, 15) is 13.2 Å². The quantitative estimate of drug-likeness (QED) is 0.619. The lowest BCUT2D eigenvalue weighted by Crippen LogP contribution is -2.48. The van der Waals surface area contributed by atoms with Gasteiger partial charge in [-0.05, 0) is 49.4 Å². The van der Waals surface area contributed by atoms with Crippen molar-refractivity contribution in [3.05, 3.63) is 52.1 Å². The number of rotatable bonds is 5. The molecule has 29 heavy (non-hydrogen) atoms. The van der Waals surface area contributed by atoms with Gasteiger partial charge in [0.1, 0.15) is 5.75 Å². The van der Waals surface area contributed by atoms with Crippen molar-refractivity contribution in [1.82, 2.24) is 8.87 Å². The number of hydrogen-bond donors (Lipinski definition) is 0. The van der Waals surface area contributed by atoms with Crippen molar-refractivity contribution in [2.24, 2.45) is 0 Å². The summed E-state index contributed by atoms with van der Waals surface area (Å²) >= 11 is 1.09. The van der Waals surface area contributed by atoms with E-state index in [0.717, 1.165) is 28.3 Å². The average Bonchev–Trinajstić information content (AvgIpc) is 3.08. The zero-order valence-corrected chi connectivity index (χ0v) is 18.0. The van der Waals surface area contributed by atoms with Gasteiger partial charge < -0.3 is 9.64 Å². The van der Waals surface area contributed by atoms with Crippen molar-refractivity contribution in [2.45, 2.75) is 18.4 Å². The fraction of sp³-hybridized carbons (Fsp3) is 0.350. The summed E-state index contributed by atoms with van der Waals surface area (Å²) in [6, 6.07) is 12.7. The summed E-state index contributed by atoms with van der Waals surface area (Å²) in [4.78, 5) is 14.4. The van der Waals surface area contributed by atoms with Crippen molar-refractivity contribution in [1.29, 1.82) is 0 Å². The Morgan fingerprint density at radius 3 is 2.34 bits per heavy atom. The molecule has 9 heteroatoms. The molecule has 2 aromatic carbocycles. The summed E-state index contributed by atoms with van der Waals surface area (Å²) in [5.74, 6) is 0.796. The van der Waals surface area contributed by atoms with Crippen LogP contribution in [0.15, 0.2) is 52.2 Å². The molecule has 0 N–H and O–H groups in total. The van der Waals surface area contributed by atoms with Crippen LogP contribution >= 0.6 is 11.3 Å². The monoisotopic (exact) mass is 433 g/mol. The number of piperazine rings is 1. The number of nitrogens with zero attached hydrogens (tertiary/aromatic N) is 3. The number of fused-ring (bicyclic) bond motifs is 1. The summed E-state index contributed by atoms with van der Waals surface area (Å²) in [6.07, 6.45) is 0. The van der Waals surface area contributed by atoms with E-state index in [1.807, 2.05) is 31.2 Å². The fourth-order valence-electron chi connectivity index (χ4n) is 3.64. The van der Waals surface area contributed by atoms with Gasteiger partial charge in [0.25, 0.3) is 0 Å². The minimum Gasteiger partial charge on any atom is -0.497 e. The van der Waals surface area contributed by atoms with Crippen LogP contribution in [-0.2, 0) is 16.6 Å². The molecule has 0 bridgehead atoms. The number of methoxy groups -OCH3 is 1. The molecule has 1 aliphatic heterocycles. The first-order chi connectivity index (χ1) is 13.9. The third-order valence-corrected chi connectivity index (χ3v) is 8.11. The lowest BCUT2D eigenvalue weighted by molar-refractivity contribution is 0.385. The van der Waals surface area contributed by atoms with Crippen molar-refractivity contribution in [2.75, 3.05) is 38.2 Å². The van der Waals surface area contributed by atoms with Crippen LogP contribution in [0.2, 0.25) is 0 Å². The van der Waals surface area contributed by atoms with E-state index in [0.29, 0.717) is 37.4 Å². The molecule has 4 rings (SSSR count). The number of thiazole rings is 1. The van der Waals surface area contributed by atoms with Crippen LogP contribution in [0.5, 0.6) is 5.75 Å². The summed E-state index contributed by atoms with van der Waals surface area (Å²) in [7, 11) is -1.97. The van der Waals surface area contributed by atoms with E-state index in [2.05, 4.69) is 4.90 Å². The van der Waals surface area contributed by atoms with E-state index in [1.54, 1.807) is 29.9 Å². The molecule has 154 valence electrons. The highest BCUT2D eigenvalue weighted by Gasteiger charge is 2.29. The van der Waals surface area contributed by atoms with Crippen molar-refractivity contribution >= 4 is 37.3 Å². The Bertz CT molecular complexity index is 1170. The number of aromatic nitrogens is 1. The molecule has 0 saturated carbocycles. The molecule has 3 aromatic rings. The smallest absolute Gasteiger partial charge is 0.308 e. The van der Waals surface area contributed by atoms with Crippen LogP contribution in [0, 0.1) is 0 Å². The predicted octanol–water partition coefficient (Wildman–Crippen LogP) is 2.60. The van der Waals surface area contributed by atoms with Gasteiger partial charge in [-0.2, -0.15) is 4.31 Å². The Hall–Kier alpha value is -2.36. The van der Waals surface area contributed by atoms with Crippen molar-refractivity contribution < 1.29 is 13.2 Å². The highest BCUT2D eigenvalue weighted by molar-refractivity contribution is 7.89. The zero-order chi connectivity index (χ0) is 20.6. The standard InChI is InChI=1S/C20H23N3O4S2/c1-3-23-18-9-8-17(14-19(18)28-20(23)24)29(25,26)22-12-10-21(11-13-22)15-4-6-16(27-2)7-5-15/h4-9,14H,3,10-13H2,1-2H3. The second-order valence-corrected chi connectivity index (χ2v) is 9.76. The molecule has 1 fully saturated rings. The molecule has 0 amide bonds. The number of aryl methyl sites for hydroxylation is 1. The summed E-state index contributed by atoms with van der Waals surface area (Å²) in [6.45, 7) is 4.54. The maximum Gasteiger partial charge on any atom is 0.308 e. The first-order valence-electron chi connectivity index (χ1n) is 9.46. The van der Waals surface area contributed by atoms with Gasteiger partial charge in [0.2, 0.25) is 10.0 Å². The molecule has 0 aliphatic carbocycles. The van der Waals surface area contributed by atoms with Crippen molar-refractivity contribution in [3.8, 4) is 5.75 Å². The molecule has 7 nitrogen and oxygen atoms in total. The fourth-order valence-corrected chi connectivity index (χ4v) is 6.15. The van der Waals surface area contributed by atoms with Crippen LogP contribution in [0.25, 0.3) is 10.2 Å². The number of hydrogen-bond acceptors (Lipinski definition) is 6. The molecular formula is C20H23N3O4S2. The topological polar surface area (TPSA) is 71.9 Å². The van der Waals surface area contributed by atoms with E-state index >= 15 is 0 Å². The molecule has 0 radical (unpaired) electrons. The highest BCUT2D eigenvalue weighted by atomic mass is 32.2. The molecule has 1 aliphatic rings. The van der Waals surface area contributed by atoms with Gasteiger partial charge in [0.05, 0.1) is 22.2 Å². The maximum atomic E-state index is 13.1. The zero-order valence-electron chi connectivity index (χ0n) is 16.4. The van der Waals surface area contributed by atoms with Crippen LogP contribution in [-0.4, -0.2) is 50.6 Å². The SMILES string of the molecule is CCn1c(=O)sc2cc(S(=O)(=O)N3CCN(c4ccc(OC)cc4)CC3)ccc21. The normalized spacial score (nSPS) is 15.7. The second-order valence-electron chi connectivity index (χ2n) is 6.83. The van der Waals surface area contributed by atoms with E-state index in [-0.39, 0.29) is 9.77 Å². The van der Waals surface area contributed by atoms with Gasteiger partial charge in [-0.25, -0.2) is 8.42 Å². The molecule has 1 saturated heterocycles. The van der Waals surface area contributed by atoms with Gasteiger partial charge >= 0.3 is 4.87 Å². The minimum atomic E-state index is -3.60. The van der Waals surface area contributed by atoms with E-state index in [1.165, 1.54) is 4.31 Å². The number of ether oxygens (including phenoxy) is 1.